The molecule has 4 rings (SSSR count). The fourth-order valence-electron chi connectivity index (χ4n) is 3.96. The number of urea groups is 1. The van der Waals surface area contributed by atoms with Gasteiger partial charge in [-0.05, 0) is 50.1 Å². The second-order valence-corrected chi connectivity index (χ2v) is 7.83. The first-order valence-electron chi connectivity index (χ1n) is 10.5. The van der Waals surface area contributed by atoms with Crippen molar-refractivity contribution >= 4 is 34.6 Å². The number of H-pyrrole nitrogens is 1. The molecule has 1 aliphatic rings. The van der Waals surface area contributed by atoms with Gasteiger partial charge in [0.15, 0.2) is 6.10 Å². The minimum absolute atomic E-state index is 0.166. The van der Waals surface area contributed by atoms with Crippen LogP contribution in [-0.2, 0) is 9.53 Å². The van der Waals surface area contributed by atoms with Crippen molar-refractivity contribution in [2.24, 2.45) is 0 Å². The van der Waals surface area contributed by atoms with Gasteiger partial charge in [-0.15, -0.1) is 0 Å². The number of imidazole rings is 1. The largest absolute Gasteiger partial charge is 0.449 e. The number of para-hydroxylation sites is 1. The van der Waals surface area contributed by atoms with Gasteiger partial charge < -0.3 is 15.0 Å². The summed E-state index contributed by atoms with van der Waals surface area (Å²) in [6, 6.07) is 12.9. The Labute approximate surface area is 183 Å². The molecule has 32 heavy (non-hydrogen) atoms. The lowest BCUT2D eigenvalue weighted by molar-refractivity contribution is -0.127. The molecule has 3 amide bonds. The van der Waals surface area contributed by atoms with E-state index < -0.39 is 24.0 Å². The lowest BCUT2D eigenvalue weighted by atomic mass is 10.2. The number of amides is 3. The average molecular weight is 436 g/mol. The van der Waals surface area contributed by atoms with Gasteiger partial charge in [-0.1, -0.05) is 31.0 Å². The Morgan fingerprint density at radius 2 is 1.81 bits per heavy atom. The molecule has 1 atom stereocenters. The smallest absolute Gasteiger partial charge is 0.338 e. The number of anilines is 1. The van der Waals surface area contributed by atoms with Crippen LogP contribution in [0.3, 0.4) is 0 Å². The van der Waals surface area contributed by atoms with Crippen LogP contribution in [0, 0.1) is 0 Å². The molecule has 166 valence electrons. The molecule has 0 bridgehead atoms. The Hall–Kier alpha value is -3.88. The van der Waals surface area contributed by atoms with E-state index in [0.29, 0.717) is 11.2 Å². The van der Waals surface area contributed by atoms with Crippen molar-refractivity contribution in [3.63, 3.8) is 0 Å². The van der Waals surface area contributed by atoms with Gasteiger partial charge in [-0.25, -0.2) is 14.4 Å². The maximum Gasteiger partial charge on any atom is 0.338 e. The Kier molecular flexibility index (Phi) is 6.07. The summed E-state index contributed by atoms with van der Waals surface area (Å²) in [6.07, 6.45) is 2.92. The molecule has 3 aromatic rings. The number of aromatic amines is 1. The molecular formula is C23H24N4O5. The van der Waals surface area contributed by atoms with E-state index in [1.807, 2.05) is 0 Å². The van der Waals surface area contributed by atoms with Gasteiger partial charge in [0.25, 0.3) is 5.91 Å². The second kappa shape index (κ2) is 9.09. The number of rotatable bonds is 5. The molecule has 0 spiro atoms. The van der Waals surface area contributed by atoms with Crippen molar-refractivity contribution in [1.82, 2.24) is 14.9 Å². The number of ether oxygens (including phenoxy) is 1. The van der Waals surface area contributed by atoms with Crippen LogP contribution in [0.2, 0.25) is 0 Å². The number of benzene rings is 2. The van der Waals surface area contributed by atoms with Crippen molar-refractivity contribution in [2.45, 2.75) is 44.8 Å². The van der Waals surface area contributed by atoms with Crippen LogP contribution in [0.4, 0.5) is 10.5 Å². The van der Waals surface area contributed by atoms with Crippen LogP contribution >= 0.6 is 0 Å². The van der Waals surface area contributed by atoms with Crippen LogP contribution in [0.15, 0.2) is 53.3 Å². The molecule has 1 aliphatic carbocycles. The highest BCUT2D eigenvalue weighted by molar-refractivity contribution is 6.03. The van der Waals surface area contributed by atoms with Gasteiger partial charge in [-0.3, -0.25) is 14.7 Å². The number of carbonyl (C=O) groups excluding carboxylic acids is 3. The highest BCUT2D eigenvalue weighted by atomic mass is 16.5. The van der Waals surface area contributed by atoms with Crippen LogP contribution < -0.4 is 16.3 Å². The zero-order valence-electron chi connectivity index (χ0n) is 17.6. The van der Waals surface area contributed by atoms with Crippen molar-refractivity contribution in [2.75, 3.05) is 5.32 Å². The number of esters is 1. The number of fused-ring (bicyclic) bond motifs is 1. The molecule has 1 unspecified atom stereocenters. The molecule has 3 N–H and O–H groups in total. The first kappa shape index (κ1) is 21.4. The topological polar surface area (TPSA) is 122 Å². The Morgan fingerprint density at radius 1 is 1.09 bits per heavy atom. The molecule has 0 aliphatic heterocycles. The van der Waals surface area contributed by atoms with E-state index in [2.05, 4.69) is 15.6 Å². The van der Waals surface area contributed by atoms with Crippen LogP contribution in [0.1, 0.15) is 49.0 Å². The van der Waals surface area contributed by atoms with E-state index in [4.69, 9.17) is 4.74 Å². The van der Waals surface area contributed by atoms with Gasteiger partial charge in [0.05, 0.1) is 16.6 Å². The summed E-state index contributed by atoms with van der Waals surface area (Å²) in [5.74, 6) is -1.49. The summed E-state index contributed by atoms with van der Waals surface area (Å²) in [6.45, 7) is 1.38. The number of aromatic nitrogens is 2. The van der Waals surface area contributed by atoms with E-state index >= 15 is 0 Å². The molecular weight excluding hydrogens is 412 g/mol. The van der Waals surface area contributed by atoms with Crippen molar-refractivity contribution in [3.05, 3.63) is 64.6 Å². The fourth-order valence-corrected chi connectivity index (χ4v) is 3.96. The molecule has 0 radical (unpaired) electrons. The van der Waals surface area contributed by atoms with Gasteiger partial charge in [0.1, 0.15) is 0 Å². The first-order chi connectivity index (χ1) is 15.4. The summed E-state index contributed by atoms with van der Waals surface area (Å²) in [4.78, 5) is 51.9. The minimum Gasteiger partial charge on any atom is -0.449 e. The lowest BCUT2D eigenvalue weighted by Crippen LogP contribution is -2.41. The highest BCUT2D eigenvalue weighted by Gasteiger charge is 2.24. The molecule has 1 aromatic heterocycles. The fraction of sp³-hybridized carbons (Fsp3) is 0.304. The molecule has 9 heteroatoms. The predicted octanol–water partition coefficient (Wildman–Crippen LogP) is 3.34. The quantitative estimate of drug-likeness (QED) is 0.530. The van der Waals surface area contributed by atoms with Crippen LogP contribution in [0.25, 0.3) is 11.0 Å². The number of hydrogen-bond acceptors (Lipinski definition) is 5. The summed E-state index contributed by atoms with van der Waals surface area (Å²) >= 11 is 0. The van der Waals surface area contributed by atoms with E-state index in [0.717, 1.165) is 31.2 Å². The van der Waals surface area contributed by atoms with Crippen molar-refractivity contribution < 1.29 is 19.1 Å². The average Bonchev–Trinajstić information content (AvgIpc) is 3.40. The van der Waals surface area contributed by atoms with Gasteiger partial charge >= 0.3 is 17.7 Å². The van der Waals surface area contributed by atoms with Crippen LogP contribution in [-0.4, -0.2) is 33.6 Å². The van der Waals surface area contributed by atoms with E-state index in [1.165, 1.54) is 13.0 Å². The Morgan fingerprint density at radius 3 is 2.53 bits per heavy atom. The number of hydrogen-bond donors (Lipinski definition) is 3. The molecule has 9 nitrogen and oxygen atoms in total. The maximum atomic E-state index is 12.5. The number of imide groups is 1. The normalized spacial score (nSPS) is 14.8. The Bertz CT molecular complexity index is 1210. The number of carbonyl (C=O) groups is 3. The van der Waals surface area contributed by atoms with E-state index in [1.54, 1.807) is 47.0 Å². The SMILES string of the molecule is CC(OC(=O)c1ccc2c(c1)[nH]c(=O)n2C1CCCC1)C(=O)NC(=O)Nc1ccccc1. The molecule has 2 aromatic carbocycles. The maximum absolute atomic E-state index is 12.5. The van der Waals surface area contributed by atoms with Gasteiger partial charge in [0, 0.05) is 11.7 Å². The third-order valence-corrected chi connectivity index (χ3v) is 5.56. The zero-order chi connectivity index (χ0) is 22.7. The number of nitrogens with zero attached hydrogens (tertiary/aromatic N) is 1. The highest BCUT2D eigenvalue weighted by Crippen LogP contribution is 2.30. The number of nitrogens with one attached hydrogen (secondary N) is 3. The van der Waals surface area contributed by atoms with Crippen LogP contribution in [0.5, 0.6) is 0 Å². The van der Waals surface area contributed by atoms with E-state index in [-0.39, 0.29) is 17.3 Å². The minimum atomic E-state index is -1.19. The molecule has 0 saturated heterocycles. The third kappa shape index (κ3) is 4.56. The first-order valence-corrected chi connectivity index (χ1v) is 10.5. The lowest BCUT2D eigenvalue weighted by Gasteiger charge is -2.14. The van der Waals surface area contributed by atoms with Gasteiger partial charge in [-0.2, -0.15) is 0 Å². The van der Waals surface area contributed by atoms with Gasteiger partial charge in [0.2, 0.25) is 0 Å². The standard InChI is InChI=1S/C23H24N4O5/c1-14(20(28)26-22(30)24-16-7-3-2-4-8-16)32-21(29)15-11-12-19-18(13-15)25-23(31)27(19)17-9-5-6-10-17/h2-4,7-8,11-14,17H,5-6,9-10H2,1H3,(H,25,31)(H2,24,26,28,30). The summed E-state index contributed by atoms with van der Waals surface area (Å²) < 4.78 is 6.95. The third-order valence-electron chi connectivity index (χ3n) is 5.56. The molecule has 1 saturated carbocycles. The Balaban J connectivity index is 1.40. The monoisotopic (exact) mass is 436 g/mol. The van der Waals surface area contributed by atoms with Crippen molar-refractivity contribution in [1.29, 1.82) is 0 Å². The summed E-state index contributed by atoms with van der Waals surface area (Å²) in [7, 11) is 0. The molecule has 1 heterocycles. The van der Waals surface area contributed by atoms with Crippen molar-refractivity contribution in [3.8, 4) is 0 Å². The second-order valence-electron chi connectivity index (χ2n) is 7.83. The summed E-state index contributed by atoms with van der Waals surface area (Å²) in [5.41, 5.74) is 1.80. The summed E-state index contributed by atoms with van der Waals surface area (Å²) in [5, 5.41) is 4.66. The zero-order valence-corrected chi connectivity index (χ0v) is 17.6. The predicted molar refractivity (Wildman–Crippen MR) is 119 cm³/mol. The van der Waals surface area contributed by atoms with E-state index in [9.17, 15) is 19.2 Å². The molecule has 1 fully saturated rings.